The number of urea groups is 1. The van der Waals surface area contributed by atoms with Crippen molar-refractivity contribution >= 4 is 45.1 Å². The van der Waals surface area contributed by atoms with E-state index in [0.717, 1.165) is 11.3 Å². The quantitative estimate of drug-likeness (QED) is 0.385. The first-order valence-electron chi connectivity index (χ1n) is 10.0. The van der Waals surface area contributed by atoms with Crippen LogP contribution in [0.5, 0.6) is 11.5 Å². The number of thiophene rings is 1. The van der Waals surface area contributed by atoms with Gasteiger partial charge in [-0.2, -0.15) is 0 Å². The molecule has 0 atom stereocenters. The molecule has 4 rings (SSSR count). The van der Waals surface area contributed by atoms with Crippen LogP contribution < -0.4 is 25.8 Å². The van der Waals surface area contributed by atoms with E-state index in [1.165, 1.54) is 6.07 Å². The van der Waals surface area contributed by atoms with Gasteiger partial charge in [-0.15, -0.1) is 11.3 Å². The number of carbonyl (C=O) groups is 3. The maximum absolute atomic E-state index is 13.4. The largest absolute Gasteiger partial charge is 0.497 e. The zero-order valence-electron chi connectivity index (χ0n) is 18.2. The van der Waals surface area contributed by atoms with Crippen molar-refractivity contribution in [3.8, 4) is 22.8 Å². The maximum atomic E-state index is 13.4. The van der Waals surface area contributed by atoms with Crippen molar-refractivity contribution in [2.75, 3.05) is 19.5 Å². The average molecular weight is 477 g/mol. The normalized spacial score (nSPS) is 10.5. The van der Waals surface area contributed by atoms with Crippen LogP contribution in [0.2, 0.25) is 0 Å². The van der Waals surface area contributed by atoms with Crippen molar-refractivity contribution in [2.24, 2.45) is 5.73 Å². The van der Waals surface area contributed by atoms with E-state index in [0.29, 0.717) is 39.2 Å². The third-order valence-electron chi connectivity index (χ3n) is 5.02. The van der Waals surface area contributed by atoms with Gasteiger partial charge >= 0.3 is 6.03 Å². The van der Waals surface area contributed by atoms with Crippen LogP contribution in [0, 0.1) is 0 Å². The van der Waals surface area contributed by atoms with Crippen molar-refractivity contribution in [3.63, 3.8) is 0 Å². The number of carbonyl (C=O) groups excluding carboxylic acids is 3. The lowest BCUT2D eigenvalue weighted by atomic mass is 10.0. The monoisotopic (exact) mass is 476 g/mol. The number of imide groups is 1. The van der Waals surface area contributed by atoms with E-state index in [1.54, 1.807) is 56.0 Å². The number of primary amides is 1. The first kappa shape index (κ1) is 22.7. The summed E-state index contributed by atoms with van der Waals surface area (Å²) in [5.74, 6) is 0.0294. The van der Waals surface area contributed by atoms with Gasteiger partial charge in [0, 0.05) is 10.9 Å². The second kappa shape index (κ2) is 9.59. The topological polar surface area (TPSA) is 133 Å². The average Bonchev–Trinajstić information content (AvgIpc) is 3.30. The standard InChI is InChI=1S/C24H20N4O5S/c1-32-13-7-8-20(33-2)17(11-13)19-12-16(14-5-3-4-6-18(14)26-19)22(30)27-23-15(9-10-34-23)21(29)28-24(25)31/h3-12H,1-2H3,(H,27,30)(H3,25,28,29,31). The summed E-state index contributed by atoms with van der Waals surface area (Å²) in [7, 11) is 3.11. The van der Waals surface area contributed by atoms with Crippen LogP contribution in [0.3, 0.4) is 0 Å². The Morgan fingerprint density at radius 2 is 1.74 bits per heavy atom. The van der Waals surface area contributed by atoms with Gasteiger partial charge in [0.05, 0.1) is 36.6 Å². The summed E-state index contributed by atoms with van der Waals surface area (Å²) >= 11 is 1.15. The summed E-state index contributed by atoms with van der Waals surface area (Å²) in [6, 6.07) is 14.7. The van der Waals surface area contributed by atoms with Gasteiger partial charge in [0.15, 0.2) is 0 Å². The van der Waals surface area contributed by atoms with Gasteiger partial charge in [-0.1, -0.05) is 18.2 Å². The number of amides is 4. The van der Waals surface area contributed by atoms with Crippen LogP contribution >= 0.6 is 11.3 Å². The van der Waals surface area contributed by atoms with Crippen molar-refractivity contribution in [1.82, 2.24) is 10.3 Å². The summed E-state index contributed by atoms with van der Waals surface area (Å²) in [5, 5.41) is 7.31. The summed E-state index contributed by atoms with van der Waals surface area (Å²) in [5.41, 5.74) is 7.28. The van der Waals surface area contributed by atoms with Gasteiger partial charge < -0.3 is 20.5 Å². The Morgan fingerprint density at radius 3 is 2.47 bits per heavy atom. The number of nitrogens with one attached hydrogen (secondary N) is 2. The molecule has 0 radical (unpaired) electrons. The minimum absolute atomic E-state index is 0.130. The minimum atomic E-state index is -0.981. The number of nitrogens with zero attached hydrogens (tertiary/aromatic N) is 1. The van der Waals surface area contributed by atoms with E-state index in [9.17, 15) is 14.4 Å². The molecule has 9 nitrogen and oxygen atoms in total. The number of anilines is 1. The minimum Gasteiger partial charge on any atom is -0.497 e. The van der Waals surface area contributed by atoms with Crippen LogP contribution in [-0.2, 0) is 0 Å². The molecule has 2 heterocycles. The highest BCUT2D eigenvalue weighted by atomic mass is 32.1. The Hall–Kier alpha value is -4.44. The summed E-state index contributed by atoms with van der Waals surface area (Å²) < 4.78 is 10.8. The molecule has 172 valence electrons. The first-order chi connectivity index (χ1) is 16.4. The number of fused-ring (bicyclic) bond motifs is 1. The molecule has 10 heteroatoms. The molecule has 0 saturated carbocycles. The molecule has 4 N–H and O–H groups in total. The summed E-state index contributed by atoms with van der Waals surface area (Å²) in [6.07, 6.45) is 0. The molecule has 0 aliphatic carbocycles. The van der Waals surface area contributed by atoms with Gasteiger partial charge in [-0.3, -0.25) is 14.9 Å². The van der Waals surface area contributed by atoms with Crippen molar-refractivity contribution < 1.29 is 23.9 Å². The SMILES string of the molecule is COc1ccc(OC)c(-c2cc(C(=O)Nc3sccc3C(=O)NC(N)=O)c3ccccc3n2)c1. The van der Waals surface area contributed by atoms with Gasteiger partial charge in [0.2, 0.25) is 0 Å². The fraction of sp³-hybridized carbons (Fsp3) is 0.0833. The molecule has 0 spiro atoms. The third-order valence-corrected chi connectivity index (χ3v) is 5.85. The van der Waals surface area contributed by atoms with Gasteiger partial charge in [0.1, 0.15) is 16.5 Å². The summed E-state index contributed by atoms with van der Waals surface area (Å²) in [4.78, 5) is 41.4. The van der Waals surface area contributed by atoms with E-state index in [1.807, 2.05) is 17.4 Å². The van der Waals surface area contributed by atoms with Crippen LogP contribution in [-0.4, -0.2) is 37.0 Å². The van der Waals surface area contributed by atoms with E-state index in [2.05, 4.69) is 5.32 Å². The molecule has 0 aliphatic rings. The lowest BCUT2D eigenvalue weighted by Gasteiger charge is -2.13. The summed E-state index contributed by atoms with van der Waals surface area (Å²) in [6.45, 7) is 0. The van der Waals surface area contributed by atoms with E-state index < -0.39 is 17.8 Å². The number of rotatable bonds is 6. The molecule has 0 fully saturated rings. The van der Waals surface area contributed by atoms with Crippen LogP contribution in [0.4, 0.5) is 9.80 Å². The molecular formula is C24H20N4O5S. The van der Waals surface area contributed by atoms with E-state index >= 15 is 0 Å². The molecule has 34 heavy (non-hydrogen) atoms. The van der Waals surface area contributed by atoms with E-state index in [4.69, 9.17) is 20.2 Å². The number of hydrogen-bond acceptors (Lipinski definition) is 7. The smallest absolute Gasteiger partial charge is 0.319 e. The lowest BCUT2D eigenvalue weighted by Crippen LogP contribution is -2.35. The van der Waals surface area contributed by atoms with Crippen molar-refractivity contribution in [2.45, 2.75) is 0 Å². The molecule has 0 unspecified atom stereocenters. The number of hydrogen-bond donors (Lipinski definition) is 3. The second-order valence-corrected chi connectivity index (χ2v) is 7.99. The van der Waals surface area contributed by atoms with Crippen molar-refractivity contribution in [3.05, 3.63) is 71.1 Å². The first-order valence-corrected chi connectivity index (χ1v) is 10.9. The highest BCUT2D eigenvalue weighted by molar-refractivity contribution is 7.14. The maximum Gasteiger partial charge on any atom is 0.319 e. The van der Waals surface area contributed by atoms with Crippen LogP contribution in [0.15, 0.2) is 60.0 Å². The highest BCUT2D eigenvalue weighted by Crippen LogP contribution is 2.35. The molecular weight excluding hydrogens is 456 g/mol. The van der Waals surface area contributed by atoms with E-state index in [-0.39, 0.29) is 10.6 Å². The predicted octanol–water partition coefficient (Wildman–Crippen LogP) is 4.04. The molecule has 0 saturated heterocycles. The Labute approximate surface area is 198 Å². The highest BCUT2D eigenvalue weighted by Gasteiger charge is 2.20. The lowest BCUT2D eigenvalue weighted by molar-refractivity contribution is 0.0967. The number of nitrogens with two attached hydrogens (primary N) is 1. The second-order valence-electron chi connectivity index (χ2n) is 7.07. The van der Waals surface area contributed by atoms with Crippen LogP contribution in [0.25, 0.3) is 22.2 Å². The van der Waals surface area contributed by atoms with Crippen molar-refractivity contribution in [1.29, 1.82) is 0 Å². The number of pyridine rings is 1. The number of ether oxygens (including phenoxy) is 2. The Bertz CT molecular complexity index is 1420. The van der Waals surface area contributed by atoms with Gasteiger partial charge in [0.25, 0.3) is 11.8 Å². The van der Waals surface area contributed by atoms with Gasteiger partial charge in [-0.05, 0) is 41.8 Å². The zero-order chi connectivity index (χ0) is 24.2. The zero-order valence-corrected chi connectivity index (χ0v) is 19.1. The van der Waals surface area contributed by atoms with Gasteiger partial charge in [-0.25, -0.2) is 9.78 Å². The Kier molecular flexibility index (Phi) is 6.42. The number of aromatic nitrogens is 1. The molecule has 2 aromatic heterocycles. The fourth-order valence-electron chi connectivity index (χ4n) is 3.45. The number of methoxy groups -OCH3 is 2. The van der Waals surface area contributed by atoms with Crippen LogP contribution in [0.1, 0.15) is 20.7 Å². The predicted molar refractivity (Wildman–Crippen MR) is 130 cm³/mol. The number of para-hydroxylation sites is 1. The molecule has 0 bridgehead atoms. The molecule has 4 aromatic rings. The Balaban J connectivity index is 1.79. The molecule has 4 amide bonds. The fourth-order valence-corrected chi connectivity index (χ4v) is 4.23. The molecule has 2 aromatic carbocycles. The number of benzene rings is 2. The molecule has 0 aliphatic heterocycles. The third kappa shape index (κ3) is 4.52. The Morgan fingerprint density at radius 1 is 0.941 bits per heavy atom.